The van der Waals surface area contributed by atoms with E-state index >= 15 is 0 Å². The molecular formula is C15H25N3. The Morgan fingerprint density at radius 2 is 1.78 bits per heavy atom. The van der Waals surface area contributed by atoms with E-state index in [-0.39, 0.29) is 6.04 Å². The summed E-state index contributed by atoms with van der Waals surface area (Å²) in [5.74, 6) is 0. The lowest BCUT2D eigenvalue weighted by Gasteiger charge is -2.36. The number of nitrogens with one attached hydrogen (secondary N) is 1. The van der Waals surface area contributed by atoms with Crippen molar-refractivity contribution < 1.29 is 0 Å². The summed E-state index contributed by atoms with van der Waals surface area (Å²) in [5.41, 5.74) is 8.45. The molecule has 3 nitrogen and oxygen atoms in total. The monoisotopic (exact) mass is 247 g/mol. The van der Waals surface area contributed by atoms with Gasteiger partial charge in [-0.1, -0.05) is 24.3 Å². The van der Waals surface area contributed by atoms with Crippen LogP contribution in [0.25, 0.3) is 0 Å². The van der Waals surface area contributed by atoms with Gasteiger partial charge in [-0.05, 0) is 31.9 Å². The molecule has 3 N–H and O–H groups in total. The first-order valence-electron chi connectivity index (χ1n) is 6.87. The molecule has 3 atom stereocenters. The van der Waals surface area contributed by atoms with Crippen LogP contribution in [0.2, 0.25) is 0 Å². The quantitative estimate of drug-likeness (QED) is 0.857. The van der Waals surface area contributed by atoms with Crippen molar-refractivity contribution in [2.24, 2.45) is 5.73 Å². The Balaban J connectivity index is 1.96. The summed E-state index contributed by atoms with van der Waals surface area (Å²) in [6.45, 7) is 9.81. The Morgan fingerprint density at radius 3 is 2.28 bits per heavy atom. The van der Waals surface area contributed by atoms with Crippen LogP contribution in [-0.4, -0.2) is 30.1 Å². The molecule has 100 valence electrons. The summed E-state index contributed by atoms with van der Waals surface area (Å²) in [4.78, 5) is 2.52. The highest BCUT2D eigenvalue weighted by Gasteiger charge is 2.20. The first-order valence-corrected chi connectivity index (χ1v) is 6.87. The molecule has 0 aliphatic carbocycles. The number of nitrogens with two attached hydrogens (primary N) is 1. The standard InChI is InChI=1S/C15H25N3/c1-11-8-18(9-12(2)17-11)10-14-4-6-15(7-5-14)13(3)16/h4-7,11-13,17H,8-10,16H2,1-3H3/t11-,12-,13+/m1/s1. The first-order chi connectivity index (χ1) is 8.54. The van der Waals surface area contributed by atoms with Crippen molar-refractivity contribution in [1.29, 1.82) is 0 Å². The molecule has 1 aromatic carbocycles. The number of rotatable bonds is 3. The van der Waals surface area contributed by atoms with Gasteiger partial charge in [0, 0.05) is 37.8 Å². The summed E-state index contributed by atoms with van der Waals surface area (Å²) >= 11 is 0. The van der Waals surface area contributed by atoms with E-state index in [0.29, 0.717) is 12.1 Å². The molecule has 1 aliphatic heterocycles. The highest BCUT2D eigenvalue weighted by molar-refractivity contribution is 5.24. The molecular weight excluding hydrogens is 222 g/mol. The minimum Gasteiger partial charge on any atom is -0.324 e. The van der Waals surface area contributed by atoms with E-state index in [1.165, 1.54) is 11.1 Å². The fourth-order valence-corrected chi connectivity index (χ4v) is 2.75. The lowest BCUT2D eigenvalue weighted by molar-refractivity contribution is 0.166. The van der Waals surface area contributed by atoms with E-state index in [1.807, 2.05) is 6.92 Å². The van der Waals surface area contributed by atoms with Crippen molar-refractivity contribution in [2.45, 2.75) is 45.4 Å². The molecule has 1 saturated heterocycles. The Kier molecular flexibility index (Phi) is 4.38. The minimum absolute atomic E-state index is 0.123. The molecule has 1 fully saturated rings. The van der Waals surface area contributed by atoms with Crippen LogP contribution in [0.5, 0.6) is 0 Å². The molecule has 1 aliphatic rings. The SMILES string of the molecule is C[C@@H]1CN(Cc2ccc([C@H](C)N)cc2)C[C@@H](C)N1. The summed E-state index contributed by atoms with van der Waals surface area (Å²) in [6.07, 6.45) is 0. The smallest absolute Gasteiger partial charge is 0.0266 e. The zero-order valence-electron chi connectivity index (χ0n) is 11.7. The van der Waals surface area contributed by atoms with Crippen LogP contribution in [0.15, 0.2) is 24.3 Å². The molecule has 0 unspecified atom stereocenters. The summed E-state index contributed by atoms with van der Waals surface area (Å²) in [5, 5.41) is 3.56. The highest BCUT2D eigenvalue weighted by atomic mass is 15.2. The van der Waals surface area contributed by atoms with Crippen molar-refractivity contribution in [3.05, 3.63) is 35.4 Å². The predicted octanol–water partition coefficient (Wildman–Crippen LogP) is 1.89. The van der Waals surface area contributed by atoms with Crippen LogP contribution in [0.4, 0.5) is 0 Å². The van der Waals surface area contributed by atoms with E-state index in [2.05, 4.69) is 48.3 Å². The van der Waals surface area contributed by atoms with Gasteiger partial charge in [-0.15, -0.1) is 0 Å². The predicted molar refractivity (Wildman–Crippen MR) is 76.4 cm³/mol. The van der Waals surface area contributed by atoms with Crippen LogP contribution < -0.4 is 11.1 Å². The second-order valence-corrected chi connectivity index (χ2v) is 5.69. The molecule has 0 amide bonds. The molecule has 0 spiro atoms. The summed E-state index contributed by atoms with van der Waals surface area (Å²) < 4.78 is 0. The van der Waals surface area contributed by atoms with Crippen molar-refractivity contribution in [1.82, 2.24) is 10.2 Å². The average molecular weight is 247 g/mol. The number of nitrogens with zero attached hydrogens (tertiary/aromatic N) is 1. The number of benzene rings is 1. The molecule has 0 bridgehead atoms. The number of piperazine rings is 1. The maximum atomic E-state index is 5.87. The Bertz CT molecular complexity index is 362. The first kappa shape index (κ1) is 13.5. The Hall–Kier alpha value is -0.900. The molecule has 3 heteroatoms. The zero-order chi connectivity index (χ0) is 13.1. The van der Waals surface area contributed by atoms with Crippen molar-refractivity contribution in [3.63, 3.8) is 0 Å². The molecule has 0 radical (unpaired) electrons. The lowest BCUT2D eigenvalue weighted by atomic mass is 10.1. The topological polar surface area (TPSA) is 41.3 Å². The number of hydrogen-bond donors (Lipinski definition) is 2. The van der Waals surface area contributed by atoms with Gasteiger partial charge in [0.05, 0.1) is 0 Å². The van der Waals surface area contributed by atoms with E-state index < -0.39 is 0 Å². The zero-order valence-corrected chi connectivity index (χ0v) is 11.7. The second-order valence-electron chi connectivity index (χ2n) is 5.69. The van der Waals surface area contributed by atoms with Gasteiger partial charge in [0.2, 0.25) is 0 Å². The maximum Gasteiger partial charge on any atom is 0.0266 e. The van der Waals surface area contributed by atoms with E-state index in [0.717, 1.165) is 19.6 Å². The van der Waals surface area contributed by atoms with Gasteiger partial charge in [-0.2, -0.15) is 0 Å². The van der Waals surface area contributed by atoms with Crippen LogP contribution in [0.3, 0.4) is 0 Å². The van der Waals surface area contributed by atoms with E-state index in [1.54, 1.807) is 0 Å². The number of hydrogen-bond acceptors (Lipinski definition) is 3. The van der Waals surface area contributed by atoms with Crippen LogP contribution in [0.1, 0.15) is 37.9 Å². The summed E-state index contributed by atoms with van der Waals surface area (Å²) in [7, 11) is 0. The molecule has 1 heterocycles. The normalized spacial score (nSPS) is 27.1. The van der Waals surface area contributed by atoms with Gasteiger partial charge in [-0.25, -0.2) is 0 Å². The molecule has 2 rings (SSSR count). The van der Waals surface area contributed by atoms with E-state index in [4.69, 9.17) is 5.73 Å². The van der Waals surface area contributed by atoms with Crippen LogP contribution >= 0.6 is 0 Å². The van der Waals surface area contributed by atoms with E-state index in [9.17, 15) is 0 Å². The third-order valence-electron chi connectivity index (χ3n) is 3.54. The third-order valence-corrected chi connectivity index (χ3v) is 3.54. The average Bonchev–Trinajstić information content (AvgIpc) is 2.28. The Labute approximate surface area is 110 Å². The fourth-order valence-electron chi connectivity index (χ4n) is 2.75. The Morgan fingerprint density at radius 1 is 1.22 bits per heavy atom. The lowest BCUT2D eigenvalue weighted by Crippen LogP contribution is -2.53. The second kappa shape index (κ2) is 5.83. The van der Waals surface area contributed by atoms with Gasteiger partial charge >= 0.3 is 0 Å². The van der Waals surface area contributed by atoms with Gasteiger partial charge in [0.25, 0.3) is 0 Å². The minimum atomic E-state index is 0.123. The summed E-state index contributed by atoms with van der Waals surface area (Å²) in [6, 6.07) is 9.99. The highest BCUT2D eigenvalue weighted by Crippen LogP contribution is 2.14. The van der Waals surface area contributed by atoms with Gasteiger partial charge in [0.15, 0.2) is 0 Å². The van der Waals surface area contributed by atoms with Crippen molar-refractivity contribution in [2.75, 3.05) is 13.1 Å². The van der Waals surface area contributed by atoms with Crippen molar-refractivity contribution in [3.8, 4) is 0 Å². The molecule has 0 saturated carbocycles. The van der Waals surface area contributed by atoms with Gasteiger partial charge in [-0.3, -0.25) is 4.90 Å². The van der Waals surface area contributed by atoms with Crippen molar-refractivity contribution >= 4 is 0 Å². The maximum absolute atomic E-state index is 5.87. The molecule has 0 aromatic heterocycles. The van der Waals surface area contributed by atoms with Crippen LogP contribution in [0, 0.1) is 0 Å². The van der Waals surface area contributed by atoms with Crippen LogP contribution in [-0.2, 0) is 6.54 Å². The van der Waals surface area contributed by atoms with Gasteiger partial charge in [0.1, 0.15) is 0 Å². The largest absolute Gasteiger partial charge is 0.324 e. The molecule has 18 heavy (non-hydrogen) atoms. The third kappa shape index (κ3) is 3.55. The van der Waals surface area contributed by atoms with Gasteiger partial charge < -0.3 is 11.1 Å². The fraction of sp³-hybridized carbons (Fsp3) is 0.600. The molecule has 1 aromatic rings.